The van der Waals surface area contributed by atoms with Crippen molar-refractivity contribution in [1.29, 1.82) is 0 Å². The molecule has 0 saturated heterocycles. The second-order valence-corrected chi connectivity index (χ2v) is 3.13. The zero-order valence-electron chi connectivity index (χ0n) is 8.62. The minimum atomic E-state index is -1.15. The molecule has 2 N–H and O–H groups in total. The number of hydrogen-bond acceptors (Lipinski definition) is 5. The van der Waals surface area contributed by atoms with Gasteiger partial charge >= 0.3 is 11.9 Å². The number of rotatable bonds is 5. The third-order valence-electron chi connectivity index (χ3n) is 1.91. The fraction of sp³-hybridized carbons (Fsp3) is 0.333. The monoisotopic (exact) mass is 225 g/mol. The van der Waals surface area contributed by atoms with Gasteiger partial charge in [0.25, 0.3) is 0 Å². The number of carboxylic acid groups (broad SMARTS) is 2. The first-order chi connectivity index (χ1) is 7.50. The van der Waals surface area contributed by atoms with Gasteiger partial charge in [0, 0.05) is 13.6 Å². The van der Waals surface area contributed by atoms with Gasteiger partial charge in [-0.15, -0.1) is 0 Å². The molecule has 7 nitrogen and oxygen atoms in total. The summed E-state index contributed by atoms with van der Waals surface area (Å²) < 4.78 is 0. The molecule has 1 rings (SSSR count). The molecule has 0 amide bonds. The topological polar surface area (TPSA) is 104 Å². The molecule has 0 aliphatic rings. The Bertz CT molecular complexity index is 390. The fourth-order valence-corrected chi connectivity index (χ4v) is 1.01. The molecule has 86 valence electrons. The van der Waals surface area contributed by atoms with Gasteiger partial charge in [0.1, 0.15) is 5.82 Å². The Labute approximate surface area is 91.4 Å². The molecule has 1 heterocycles. The molecule has 0 aliphatic carbocycles. The number of hydrogen-bond donors (Lipinski definition) is 2. The minimum Gasteiger partial charge on any atom is -0.481 e. The lowest BCUT2D eigenvalue weighted by Crippen LogP contribution is -2.22. The van der Waals surface area contributed by atoms with Crippen LogP contribution in [-0.4, -0.2) is 45.7 Å². The van der Waals surface area contributed by atoms with Gasteiger partial charge in [-0.25, -0.2) is 14.8 Å². The van der Waals surface area contributed by atoms with E-state index in [1.807, 2.05) is 0 Å². The molecule has 1 aromatic rings. The van der Waals surface area contributed by atoms with Crippen molar-refractivity contribution in [2.45, 2.75) is 6.42 Å². The largest absolute Gasteiger partial charge is 0.481 e. The van der Waals surface area contributed by atoms with Gasteiger partial charge in [-0.1, -0.05) is 0 Å². The van der Waals surface area contributed by atoms with Crippen LogP contribution in [0.5, 0.6) is 0 Å². The van der Waals surface area contributed by atoms with Gasteiger partial charge in [0.2, 0.25) is 0 Å². The number of carbonyl (C=O) groups is 2. The third kappa shape index (κ3) is 3.19. The van der Waals surface area contributed by atoms with Crippen LogP contribution in [0.1, 0.15) is 16.9 Å². The first-order valence-electron chi connectivity index (χ1n) is 4.49. The van der Waals surface area contributed by atoms with Crippen molar-refractivity contribution in [3.8, 4) is 0 Å². The molecule has 0 unspecified atom stereocenters. The molecule has 0 fully saturated rings. The second-order valence-electron chi connectivity index (χ2n) is 3.13. The maximum atomic E-state index is 10.5. The Balaban J connectivity index is 2.66. The highest BCUT2D eigenvalue weighted by molar-refractivity contribution is 5.84. The molecule has 0 atom stereocenters. The minimum absolute atomic E-state index is 0.0150. The number of carboxylic acids is 2. The van der Waals surface area contributed by atoms with Gasteiger partial charge in [0.05, 0.1) is 18.8 Å². The summed E-state index contributed by atoms with van der Waals surface area (Å²) in [6, 6.07) is 0. The number of aliphatic carboxylic acids is 1. The van der Waals surface area contributed by atoms with E-state index in [9.17, 15) is 9.59 Å². The average Bonchev–Trinajstić information content (AvgIpc) is 2.26. The second kappa shape index (κ2) is 5.06. The van der Waals surface area contributed by atoms with Crippen LogP contribution >= 0.6 is 0 Å². The molecule has 0 aliphatic heterocycles. The quantitative estimate of drug-likeness (QED) is 0.731. The molecule has 0 spiro atoms. The maximum Gasteiger partial charge on any atom is 0.356 e. The molecule has 1 aromatic heterocycles. The first kappa shape index (κ1) is 11.9. The highest BCUT2D eigenvalue weighted by Crippen LogP contribution is 2.07. The summed E-state index contributed by atoms with van der Waals surface area (Å²) in [7, 11) is 1.66. The van der Waals surface area contributed by atoms with Crippen LogP contribution in [0.2, 0.25) is 0 Å². The normalized spacial score (nSPS) is 9.81. The van der Waals surface area contributed by atoms with Crippen molar-refractivity contribution in [3.63, 3.8) is 0 Å². The van der Waals surface area contributed by atoms with Crippen molar-refractivity contribution < 1.29 is 19.8 Å². The van der Waals surface area contributed by atoms with Crippen LogP contribution < -0.4 is 4.90 Å². The van der Waals surface area contributed by atoms with E-state index in [2.05, 4.69) is 9.97 Å². The van der Waals surface area contributed by atoms with Gasteiger partial charge in [-0.3, -0.25) is 4.79 Å². The Morgan fingerprint density at radius 1 is 1.31 bits per heavy atom. The predicted molar refractivity (Wildman–Crippen MR) is 54.5 cm³/mol. The van der Waals surface area contributed by atoms with Crippen molar-refractivity contribution in [2.75, 3.05) is 18.5 Å². The molecular weight excluding hydrogens is 214 g/mol. The highest BCUT2D eigenvalue weighted by atomic mass is 16.4. The Morgan fingerprint density at radius 2 is 2.00 bits per heavy atom. The molecular formula is C9H11N3O4. The Kier molecular flexibility index (Phi) is 3.76. The zero-order chi connectivity index (χ0) is 12.1. The van der Waals surface area contributed by atoms with Crippen LogP contribution in [-0.2, 0) is 4.79 Å². The van der Waals surface area contributed by atoms with Gasteiger partial charge in [-0.2, -0.15) is 0 Å². The predicted octanol–water partition coefficient (Wildman–Crippen LogP) is 0.0857. The van der Waals surface area contributed by atoms with Crippen LogP contribution in [0.25, 0.3) is 0 Å². The number of anilines is 1. The highest BCUT2D eigenvalue weighted by Gasteiger charge is 2.08. The average molecular weight is 225 g/mol. The van der Waals surface area contributed by atoms with E-state index in [4.69, 9.17) is 10.2 Å². The van der Waals surface area contributed by atoms with E-state index >= 15 is 0 Å². The lowest BCUT2D eigenvalue weighted by atomic mass is 10.4. The molecule has 0 bridgehead atoms. The summed E-state index contributed by atoms with van der Waals surface area (Å²) in [4.78, 5) is 30.0. The standard InChI is InChI=1S/C9H11N3O4/c1-12(3-2-8(13)14)7-5-10-6(4-11-7)9(15)16/h4-5H,2-3H2,1H3,(H,13,14)(H,15,16). The molecule has 7 heteroatoms. The van der Waals surface area contributed by atoms with Crippen molar-refractivity contribution >= 4 is 17.8 Å². The first-order valence-corrected chi connectivity index (χ1v) is 4.49. The van der Waals surface area contributed by atoms with E-state index in [0.717, 1.165) is 6.20 Å². The lowest BCUT2D eigenvalue weighted by molar-refractivity contribution is -0.136. The molecule has 0 aromatic carbocycles. The van der Waals surface area contributed by atoms with Crippen molar-refractivity contribution in [2.24, 2.45) is 0 Å². The smallest absolute Gasteiger partial charge is 0.356 e. The number of nitrogens with zero attached hydrogens (tertiary/aromatic N) is 3. The van der Waals surface area contributed by atoms with Crippen LogP contribution in [0.3, 0.4) is 0 Å². The van der Waals surface area contributed by atoms with E-state index in [1.54, 1.807) is 11.9 Å². The summed E-state index contributed by atoms with van der Waals surface area (Å²) in [5.74, 6) is -1.61. The molecule has 0 radical (unpaired) electrons. The third-order valence-corrected chi connectivity index (χ3v) is 1.91. The maximum absolute atomic E-state index is 10.5. The van der Waals surface area contributed by atoms with E-state index in [0.29, 0.717) is 5.82 Å². The van der Waals surface area contributed by atoms with Crippen LogP contribution in [0.4, 0.5) is 5.82 Å². The Hall–Kier alpha value is -2.18. The fourth-order valence-electron chi connectivity index (χ4n) is 1.01. The van der Waals surface area contributed by atoms with Gasteiger partial charge in [0.15, 0.2) is 5.69 Å². The van der Waals surface area contributed by atoms with Crippen molar-refractivity contribution in [1.82, 2.24) is 9.97 Å². The number of aromatic carboxylic acids is 1. The summed E-state index contributed by atoms with van der Waals surface area (Å²) in [5, 5.41) is 17.1. The van der Waals surface area contributed by atoms with Gasteiger partial charge < -0.3 is 15.1 Å². The summed E-state index contributed by atoms with van der Waals surface area (Å²) in [6.07, 6.45) is 2.42. The van der Waals surface area contributed by atoms with Crippen LogP contribution in [0, 0.1) is 0 Å². The van der Waals surface area contributed by atoms with Crippen molar-refractivity contribution in [3.05, 3.63) is 18.1 Å². The zero-order valence-corrected chi connectivity index (χ0v) is 8.62. The molecule has 16 heavy (non-hydrogen) atoms. The van der Waals surface area contributed by atoms with Crippen LogP contribution in [0.15, 0.2) is 12.4 Å². The summed E-state index contributed by atoms with van der Waals surface area (Å²) in [5.41, 5.74) is -0.143. The van der Waals surface area contributed by atoms with E-state index in [1.165, 1.54) is 6.20 Å². The van der Waals surface area contributed by atoms with E-state index < -0.39 is 11.9 Å². The number of aromatic nitrogens is 2. The van der Waals surface area contributed by atoms with Gasteiger partial charge in [-0.05, 0) is 0 Å². The lowest BCUT2D eigenvalue weighted by Gasteiger charge is -2.16. The molecule has 0 saturated carbocycles. The Morgan fingerprint density at radius 3 is 2.44 bits per heavy atom. The summed E-state index contributed by atoms with van der Waals surface area (Å²) in [6.45, 7) is 0.288. The van der Waals surface area contributed by atoms with E-state index in [-0.39, 0.29) is 18.7 Å². The summed E-state index contributed by atoms with van der Waals surface area (Å²) >= 11 is 0. The SMILES string of the molecule is CN(CCC(=O)O)c1cnc(C(=O)O)cn1.